The first kappa shape index (κ1) is 36.2. The summed E-state index contributed by atoms with van der Waals surface area (Å²) in [4.78, 5) is 4.97. The summed E-state index contributed by atoms with van der Waals surface area (Å²) in [7, 11) is 0. The molecule has 0 N–H and O–H groups in total. The van der Waals surface area contributed by atoms with Gasteiger partial charge in [0.2, 0.25) is 0 Å². The lowest BCUT2D eigenvalue weighted by molar-refractivity contribution is 0.601. The Kier molecular flexibility index (Phi) is 8.26. The Morgan fingerprint density at radius 2 is 0.914 bits per heavy atom. The number of hydrogen-bond acceptors (Lipinski definition) is 2. The molecule has 0 saturated heterocycles. The molecule has 0 aliphatic heterocycles. The fourth-order valence-corrected chi connectivity index (χ4v) is 10.3. The molecule has 0 saturated carbocycles. The van der Waals surface area contributed by atoms with Gasteiger partial charge in [-0.25, -0.2) is 0 Å². The molecule has 0 aromatic heterocycles. The Morgan fingerprint density at radius 1 is 0.483 bits per heavy atom. The highest BCUT2D eigenvalue weighted by Gasteiger charge is 2.47. The van der Waals surface area contributed by atoms with Crippen molar-refractivity contribution in [2.45, 2.75) is 78.7 Å². The van der Waals surface area contributed by atoms with Crippen molar-refractivity contribution in [3.8, 4) is 22.3 Å². The second kappa shape index (κ2) is 13.2. The molecule has 286 valence electrons. The largest absolute Gasteiger partial charge is 0.334 e. The topological polar surface area (TPSA) is 6.48 Å². The smallest absolute Gasteiger partial charge is 0.0560 e. The molecular weight excluding hydrogens is 701 g/mol. The van der Waals surface area contributed by atoms with Crippen LogP contribution in [0.3, 0.4) is 0 Å². The van der Waals surface area contributed by atoms with Gasteiger partial charge in [0.25, 0.3) is 0 Å². The van der Waals surface area contributed by atoms with Crippen molar-refractivity contribution in [2.75, 3.05) is 9.80 Å². The van der Waals surface area contributed by atoms with Crippen molar-refractivity contribution in [2.24, 2.45) is 0 Å². The molecule has 0 heterocycles. The first-order valence-corrected chi connectivity index (χ1v) is 21.0. The van der Waals surface area contributed by atoms with Crippen molar-refractivity contribution < 1.29 is 0 Å². The molecule has 7 aromatic rings. The molecule has 0 amide bonds. The Labute approximate surface area is 344 Å². The number of anilines is 5. The van der Waals surface area contributed by atoms with Crippen molar-refractivity contribution >= 4 is 39.2 Å². The SMILES string of the molecule is CC1=CCC(N(c2ccc(C)cc2)c2ccc3c(c2)C(C)(C)c2c4c(c5ccccc5c2-3)-c2ccc(N(c3ccc(C)cc3)c3ccc(C)cc3)cc2C4(C)C)C=C1. The zero-order valence-corrected chi connectivity index (χ0v) is 35.1. The van der Waals surface area contributed by atoms with E-state index in [0.29, 0.717) is 0 Å². The van der Waals surface area contributed by atoms with E-state index in [4.69, 9.17) is 0 Å². The summed E-state index contributed by atoms with van der Waals surface area (Å²) in [6, 6.07) is 50.9. The summed E-state index contributed by atoms with van der Waals surface area (Å²) < 4.78 is 0. The predicted molar refractivity (Wildman–Crippen MR) is 248 cm³/mol. The van der Waals surface area contributed by atoms with Crippen LogP contribution in [0.2, 0.25) is 0 Å². The van der Waals surface area contributed by atoms with E-state index in [2.05, 4.69) is 217 Å². The number of benzene rings is 7. The number of aryl methyl sites for hydroxylation is 3. The van der Waals surface area contributed by atoms with Crippen molar-refractivity contribution in [3.63, 3.8) is 0 Å². The molecular formula is C56H52N2. The fourth-order valence-electron chi connectivity index (χ4n) is 10.3. The summed E-state index contributed by atoms with van der Waals surface area (Å²) >= 11 is 0. The summed E-state index contributed by atoms with van der Waals surface area (Å²) in [5, 5.41) is 2.68. The quantitative estimate of drug-likeness (QED) is 0.167. The maximum atomic E-state index is 2.55. The number of allylic oxidation sites excluding steroid dienone is 2. The van der Waals surface area contributed by atoms with Gasteiger partial charge >= 0.3 is 0 Å². The minimum absolute atomic E-state index is 0.232. The Hall–Kier alpha value is -6.12. The van der Waals surface area contributed by atoms with Gasteiger partial charge in [-0.1, -0.05) is 141 Å². The minimum atomic E-state index is -0.242. The van der Waals surface area contributed by atoms with Crippen LogP contribution >= 0.6 is 0 Å². The fraction of sp³-hybridized carbons (Fsp3) is 0.214. The Balaban J connectivity index is 1.15. The lowest BCUT2D eigenvalue weighted by Gasteiger charge is -2.34. The molecule has 58 heavy (non-hydrogen) atoms. The third-order valence-electron chi connectivity index (χ3n) is 13.4. The molecule has 2 nitrogen and oxygen atoms in total. The molecule has 0 radical (unpaired) electrons. The summed E-state index contributed by atoms with van der Waals surface area (Å²) in [5.74, 6) is 0. The van der Waals surface area contributed by atoms with Gasteiger partial charge in [0, 0.05) is 39.3 Å². The van der Waals surface area contributed by atoms with Crippen LogP contribution in [-0.4, -0.2) is 6.04 Å². The molecule has 1 unspecified atom stereocenters. The maximum Gasteiger partial charge on any atom is 0.0560 e. The summed E-state index contributed by atoms with van der Waals surface area (Å²) in [6.45, 7) is 18.6. The lowest BCUT2D eigenvalue weighted by atomic mass is 9.71. The maximum absolute atomic E-state index is 2.55. The zero-order chi connectivity index (χ0) is 40.1. The Bertz CT molecular complexity index is 2790. The number of fused-ring (bicyclic) bond motifs is 10. The van der Waals surface area contributed by atoms with Crippen LogP contribution in [0.1, 0.15) is 80.0 Å². The third kappa shape index (κ3) is 5.52. The normalized spacial score (nSPS) is 16.7. The molecule has 1 atom stereocenters. The van der Waals surface area contributed by atoms with Gasteiger partial charge in [-0.15, -0.1) is 0 Å². The van der Waals surface area contributed by atoms with Gasteiger partial charge in [-0.2, -0.15) is 0 Å². The van der Waals surface area contributed by atoms with E-state index in [1.165, 1.54) is 94.6 Å². The van der Waals surface area contributed by atoms with Gasteiger partial charge in [-0.3, -0.25) is 0 Å². The van der Waals surface area contributed by atoms with Crippen molar-refractivity contribution in [1.82, 2.24) is 0 Å². The van der Waals surface area contributed by atoms with Crippen LogP contribution < -0.4 is 9.80 Å². The van der Waals surface area contributed by atoms with Gasteiger partial charge in [0.15, 0.2) is 0 Å². The minimum Gasteiger partial charge on any atom is -0.334 e. The van der Waals surface area contributed by atoms with Crippen molar-refractivity contribution in [3.05, 3.63) is 196 Å². The van der Waals surface area contributed by atoms with Gasteiger partial charge in [0.05, 0.1) is 6.04 Å². The molecule has 7 aromatic carbocycles. The highest BCUT2D eigenvalue weighted by molar-refractivity contribution is 6.13. The second-order valence-electron chi connectivity index (χ2n) is 18.1. The van der Waals surface area contributed by atoms with Crippen LogP contribution in [0.15, 0.2) is 157 Å². The average molecular weight is 753 g/mol. The molecule has 3 aliphatic carbocycles. The van der Waals surface area contributed by atoms with E-state index >= 15 is 0 Å². The first-order chi connectivity index (χ1) is 27.9. The molecule has 3 aliphatic rings. The number of hydrogen-bond donors (Lipinski definition) is 0. The average Bonchev–Trinajstić information content (AvgIpc) is 3.60. The second-order valence-corrected chi connectivity index (χ2v) is 18.1. The van der Waals surface area contributed by atoms with Gasteiger partial charge < -0.3 is 9.80 Å². The van der Waals surface area contributed by atoms with E-state index in [0.717, 1.165) is 17.8 Å². The molecule has 0 spiro atoms. The molecule has 0 bridgehead atoms. The van der Waals surface area contributed by atoms with Crippen molar-refractivity contribution in [1.29, 1.82) is 0 Å². The monoisotopic (exact) mass is 752 g/mol. The van der Waals surface area contributed by atoms with E-state index in [-0.39, 0.29) is 16.9 Å². The summed E-state index contributed by atoms with van der Waals surface area (Å²) in [6.07, 6.45) is 8.02. The van der Waals surface area contributed by atoms with E-state index in [1.807, 2.05) is 0 Å². The van der Waals surface area contributed by atoms with E-state index < -0.39 is 0 Å². The standard InChI is InChI=1S/C56H52N2/c1-35-13-21-39(22-14-35)57(40-23-15-36(2)16-24-40)43-29-31-47-49(33-43)55(5,6)53-51(47)45-11-9-10-12-46(45)52-48-32-30-44(34-50(48)56(7,8)54(52)53)58(41-25-17-37(3)18-26-41)42-27-19-38(4)20-28-42/h9-27,29-34,42H,28H2,1-8H3. The van der Waals surface area contributed by atoms with E-state index in [1.54, 1.807) is 0 Å². The zero-order valence-electron chi connectivity index (χ0n) is 35.1. The highest BCUT2D eigenvalue weighted by atomic mass is 15.2. The van der Waals surface area contributed by atoms with Gasteiger partial charge in [0.1, 0.15) is 0 Å². The first-order valence-electron chi connectivity index (χ1n) is 21.0. The number of nitrogens with zero attached hydrogens (tertiary/aromatic N) is 2. The Morgan fingerprint density at radius 3 is 1.38 bits per heavy atom. The van der Waals surface area contributed by atoms with Crippen LogP contribution in [0, 0.1) is 20.8 Å². The van der Waals surface area contributed by atoms with Crippen LogP contribution in [0.25, 0.3) is 33.0 Å². The van der Waals surface area contributed by atoms with Crippen LogP contribution in [0.4, 0.5) is 28.4 Å². The van der Waals surface area contributed by atoms with Crippen LogP contribution in [0.5, 0.6) is 0 Å². The molecule has 0 fully saturated rings. The number of rotatable bonds is 6. The van der Waals surface area contributed by atoms with Gasteiger partial charge in [-0.05, 0) is 150 Å². The lowest BCUT2D eigenvalue weighted by Crippen LogP contribution is -2.30. The predicted octanol–water partition coefficient (Wildman–Crippen LogP) is 15.3. The molecule has 2 heteroatoms. The highest BCUT2D eigenvalue weighted by Crippen LogP contribution is 2.62. The summed E-state index contributed by atoms with van der Waals surface area (Å²) in [5.41, 5.74) is 21.9. The molecule has 10 rings (SSSR count). The van der Waals surface area contributed by atoms with Crippen LogP contribution in [-0.2, 0) is 10.8 Å². The third-order valence-corrected chi connectivity index (χ3v) is 13.4. The van der Waals surface area contributed by atoms with E-state index in [9.17, 15) is 0 Å².